The lowest BCUT2D eigenvalue weighted by atomic mass is 10.1. The van der Waals surface area contributed by atoms with Crippen molar-refractivity contribution < 1.29 is 9.26 Å². The molecular weight excluding hydrogens is 288 g/mol. The van der Waals surface area contributed by atoms with Gasteiger partial charge in [-0.15, -0.1) is 0 Å². The summed E-state index contributed by atoms with van der Waals surface area (Å²) >= 11 is 0. The van der Waals surface area contributed by atoms with E-state index in [9.17, 15) is 0 Å². The Labute approximate surface area is 136 Å². The van der Waals surface area contributed by atoms with Crippen LogP contribution >= 0.6 is 0 Å². The number of ether oxygens (including phenoxy) is 1. The van der Waals surface area contributed by atoms with Crippen molar-refractivity contribution in [1.82, 2.24) is 10.5 Å². The molecule has 0 radical (unpaired) electrons. The Morgan fingerprint density at radius 3 is 2.65 bits per heavy atom. The molecule has 2 aromatic carbocycles. The van der Waals surface area contributed by atoms with Crippen molar-refractivity contribution in [2.75, 3.05) is 6.54 Å². The highest BCUT2D eigenvalue weighted by molar-refractivity contribution is 5.65. The van der Waals surface area contributed by atoms with Crippen LogP contribution in [0.2, 0.25) is 0 Å². The molecule has 3 rings (SSSR count). The second-order valence-electron chi connectivity index (χ2n) is 5.23. The number of para-hydroxylation sites is 1. The van der Waals surface area contributed by atoms with Gasteiger partial charge in [0.25, 0.3) is 0 Å². The van der Waals surface area contributed by atoms with Gasteiger partial charge in [-0.25, -0.2) is 0 Å². The van der Waals surface area contributed by atoms with Gasteiger partial charge in [0, 0.05) is 12.6 Å². The van der Waals surface area contributed by atoms with Crippen molar-refractivity contribution in [2.24, 2.45) is 0 Å². The summed E-state index contributed by atoms with van der Waals surface area (Å²) in [5, 5.41) is 7.33. The summed E-state index contributed by atoms with van der Waals surface area (Å²) in [4.78, 5) is 0. The zero-order chi connectivity index (χ0) is 15.9. The summed E-state index contributed by atoms with van der Waals surface area (Å²) in [7, 11) is 0. The van der Waals surface area contributed by atoms with Crippen LogP contribution in [0.3, 0.4) is 0 Å². The van der Waals surface area contributed by atoms with Crippen LogP contribution in [0.15, 0.2) is 65.2 Å². The lowest BCUT2D eigenvalue weighted by molar-refractivity contribution is 0.306. The molecule has 0 bridgehead atoms. The normalized spacial score (nSPS) is 10.7. The summed E-state index contributed by atoms with van der Waals surface area (Å²) in [5.41, 5.74) is 2.94. The second-order valence-corrected chi connectivity index (χ2v) is 5.23. The van der Waals surface area contributed by atoms with E-state index in [1.165, 1.54) is 0 Å². The van der Waals surface area contributed by atoms with E-state index in [1.54, 1.807) is 0 Å². The predicted octanol–water partition coefficient (Wildman–Crippen LogP) is 4.03. The second kappa shape index (κ2) is 7.61. The molecule has 0 aliphatic rings. The molecule has 0 saturated carbocycles. The van der Waals surface area contributed by atoms with Crippen LogP contribution in [0.5, 0.6) is 5.75 Å². The van der Waals surface area contributed by atoms with Gasteiger partial charge < -0.3 is 14.6 Å². The topological polar surface area (TPSA) is 47.3 Å². The van der Waals surface area contributed by atoms with Gasteiger partial charge >= 0.3 is 0 Å². The van der Waals surface area contributed by atoms with Crippen molar-refractivity contribution >= 4 is 0 Å². The molecule has 0 saturated heterocycles. The van der Waals surface area contributed by atoms with Gasteiger partial charge in [0.15, 0.2) is 5.76 Å². The first-order valence-electron chi connectivity index (χ1n) is 7.79. The number of benzene rings is 2. The van der Waals surface area contributed by atoms with Crippen LogP contribution in [0.1, 0.15) is 18.2 Å². The zero-order valence-corrected chi connectivity index (χ0v) is 13.2. The average molecular weight is 308 g/mol. The van der Waals surface area contributed by atoms with E-state index in [1.807, 2.05) is 60.7 Å². The molecule has 0 aliphatic carbocycles. The van der Waals surface area contributed by atoms with Crippen molar-refractivity contribution in [2.45, 2.75) is 20.1 Å². The molecule has 1 heterocycles. The Morgan fingerprint density at radius 2 is 1.83 bits per heavy atom. The maximum atomic E-state index is 5.96. The molecule has 0 fully saturated rings. The molecule has 1 N–H and O–H groups in total. The number of nitrogens with one attached hydrogen (secondary N) is 1. The number of aromatic nitrogens is 1. The average Bonchev–Trinajstić information content (AvgIpc) is 3.08. The van der Waals surface area contributed by atoms with E-state index in [2.05, 4.69) is 17.4 Å². The molecule has 0 spiro atoms. The minimum atomic E-state index is 0.524. The molecule has 23 heavy (non-hydrogen) atoms. The maximum Gasteiger partial charge on any atom is 0.170 e. The van der Waals surface area contributed by atoms with E-state index in [0.29, 0.717) is 13.2 Å². The monoisotopic (exact) mass is 308 g/mol. The first kappa shape index (κ1) is 15.3. The van der Waals surface area contributed by atoms with Gasteiger partial charge in [-0.2, -0.15) is 0 Å². The third-order valence-corrected chi connectivity index (χ3v) is 3.50. The lowest BCUT2D eigenvalue weighted by Gasteiger charge is -2.09. The summed E-state index contributed by atoms with van der Waals surface area (Å²) in [6, 6.07) is 19.9. The van der Waals surface area contributed by atoms with E-state index >= 15 is 0 Å². The summed E-state index contributed by atoms with van der Waals surface area (Å²) in [6.45, 7) is 4.19. The summed E-state index contributed by atoms with van der Waals surface area (Å²) in [5.74, 6) is 1.52. The summed E-state index contributed by atoms with van der Waals surface area (Å²) in [6.07, 6.45) is 0. The number of rotatable bonds is 7. The van der Waals surface area contributed by atoms with Gasteiger partial charge in [-0.3, -0.25) is 0 Å². The van der Waals surface area contributed by atoms with Crippen molar-refractivity contribution in [1.29, 1.82) is 0 Å². The highest BCUT2D eigenvalue weighted by Crippen LogP contribution is 2.30. The maximum absolute atomic E-state index is 5.96. The molecule has 1 aromatic heterocycles. The third-order valence-electron chi connectivity index (χ3n) is 3.50. The minimum Gasteiger partial charge on any atom is -0.488 e. The van der Waals surface area contributed by atoms with Crippen molar-refractivity contribution in [3.05, 3.63) is 71.9 Å². The van der Waals surface area contributed by atoms with Gasteiger partial charge in [0.2, 0.25) is 0 Å². The summed E-state index contributed by atoms with van der Waals surface area (Å²) < 4.78 is 11.4. The fourth-order valence-corrected chi connectivity index (χ4v) is 2.31. The van der Waals surface area contributed by atoms with E-state index in [4.69, 9.17) is 9.26 Å². The molecule has 0 aliphatic heterocycles. The largest absolute Gasteiger partial charge is 0.488 e. The van der Waals surface area contributed by atoms with Crippen LogP contribution in [-0.4, -0.2) is 11.7 Å². The quantitative estimate of drug-likeness (QED) is 0.716. The van der Waals surface area contributed by atoms with Crippen LogP contribution < -0.4 is 10.1 Å². The molecule has 4 nitrogen and oxygen atoms in total. The molecule has 118 valence electrons. The molecule has 4 heteroatoms. The molecular formula is C19H20N2O2. The predicted molar refractivity (Wildman–Crippen MR) is 90.1 cm³/mol. The molecule has 0 atom stereocenters. The fourth-order valence-electron chi connectivity index (χ4n) is 2.31. The van der Waals surface area contributed by atoms with Crippen molar-refractivity contribution in [3.8, 4) is 17.1 Å². The third kappa shape index (κ3) is 3.99. The van der Waals surface area contributed by atoms with Gasteiger partial charge in [-0.1, -0.05) is 54.5 Å². The van der Waals surface area contributed by atoms with E-state index in [-0.39, 0.29) is 0 Å². The van der Waals surface area contributed by atoms with Gasteiger partial charge in [0.05, 0.1) is 11.3 Å². The lowest BCUT2D eigenvalue weighted by Crippen LogP contribution is -2.11. The smallest absolute Gasteiger partial charge is 0.170 e. The first-order valence-corrected chi connectivity index (χ1v) is 7.79. The Bertz CT molecular complexity index is 738. The van der Waals surface area contributed by atoms with Crippen LogP contribution in [0.4, 0.5) is 0 Å². The minimum absolute atomic E-state index is 0.524. The SMILES string of the molecule is CCNCc1cc(-c2ccccc2OCc2ccccc2)on1. The zero-order valence-electron chi connectivity index (χ0n) is 13.2. The Balaban J connectivity index is 1.76. The fraction of sp³-hybridized carbons (Fsp3) is 0.211. The van der Waals surface area contributed by atoms with Crippen LogP contribution in [-0.2, 0) is 13.2 Å². The Morgan fingerprint density at radius 1 is 1.04 bits per heavy atom. The number of nitrogens with zero attached hydrogens (tertiary/aromatic N) is 1. The standard InChI is InChI=1S/C19H20N2O2/c1-2-20-13-16-12-19(23-21-16)17-10-6-7-11-18(17)22-14-15-8-4-3-5-9-15/h3-12,20H,2,13-14H2,1H3. The van der Waals surface area contributed by atoms with Crippen LogP contribution in [0, 0.1) is 0 Å². The number of hydrogen-bond donors (Lipinski definition) is 1. The molecule has 0 unspecified atom stereocenters. The molecule has 3 aromatic rings. The van der Waals surface area contributed by atoms with Gasteiger partial charge in [-0.05, 0) is 24.2 Å². The highest BCUT2D eigenvalue weighted by Gasteiger charge is 2.12. The highest BCUT2D eigenvalue weighted by atomic mass is 16.5. The van der Waals surface area contributed by atoms with E-state index < -0.39 is 0 Å². The number of hydrogen-bond acceptors (Lipinski definition) is 4. The van der Waals surface area contributed by atoms with E-state index in [0.717, 1.165) is 34.9 Å². The Kier molecular flexibility index (Phi) is 5.06. The van der Waals surface area contributed by atoms with Gasteiger partial charge in [0.1, 0.15) is 12.4 Å². The molecule has 0 amide bonds. The first-order chi connectivity index (χ1) is 11.4. The Hall–Kier alpha value is -2.59. The van der Waals surface area contributed by atoms with Crippen LogP contribution in [0.25, 0.3) is 11.3 Å². The van der Waals surface area contributed by atoms with Crippen molar-refractivity contribution in [3.63, 3.8) is 0 Å².